The van der Waals surface area contributed by atoms with Gasteiger partial charge >= 0.3 is 12.4 Å². The number of halogens is 8. The van der Waals surface area contributed by atoms with Crippen LogP contribution < -0.4 is 0 Å². The lowest BCUT2D eigenvalue weighted by molar-refractivity contribution is -0.393. The summed E-state index contributed by atoms with van der Waals surface area (Å²) < 4.78 is 99.3. The molecule has 2 nitrogen and oxygen atoms in total. The van der Waals surface area contributed by atoms with Crippen LogP contribution in [-0.2, 0) is 9.53 Å². The molecule has 0 radical (unpaired) electrons. The van der Waals surface area contributed by atoms with Gasteiger partial charge in [0.05, 0.1) is 0 Å². The van der Waals surface area contributed by atoms with Crippen LogP contribution in [0.5, 0.6) is 0 Å². The molecule has 1 saturated heterocycles. The Labute approximate surface area is 82.2 Å². The van der Waals surface area contributed by atoms with Gasteiger partial charge in [-0.25, -0.2) is 8.78 Å². The summed E-state index contributed by atoms with van der Waals surface area (Å²) in [4.78, 5) is 10.4. The molecule has 16 heavy (non-hydrogen) atoms. The molecule has 0 aliphatic carbocycles. The molecule has 0 aromatic rings. The van der Waals surface area contributed by atoms with E-state index in [1.807, 2.05) is 0 Å². The first kappa shape index (κ1) is 13.1. The van der Waals surface area contributed by atoms with Crippen molar-refractivity contribution in [2.24, 2.45) is 0 Å². The maximum absolute atomic E-state index is 12.6. The van der Waals surface area contributed by atoms with Gasteiger partial charge in [-0.1, -0.05) is 0 Å². The highest BCUT2D eigenvalue weighted by Gasteiger charge is 2.80. The van der Waals surface area contributed by atoms with Gasteiger partial charge in [0, 0.05) is 0 Å². The summed E-state index contributed by atoms with van der Waals surface area (Å²) in [5.74, 6) is -3.51. The van der Waals surface area contributed by atoms with E-state index in [2.05, 4.69) is 4.74 Å². The SMILES string of the molecule is O=C(C(F)(F)F)C1(C(F)(F)F)OC(F)C1F. The molecule has 0 spiro atoms. The van der Waals surface area contributed by atoms with Gasteiger partial charge < -0.3 is 4.74 Å². The maximum atomic E-state index is 12.6. The zero-order valence-corrected chi connectivity index (χ0v) is 6.99. The molecule has 94 valence electrons. The van der Waals surface area contributed by atoms with Crippen LogP contribution in [-0.4, -0.2) is 36.3 Å². The predicted octanol–water partition coefficient (Wildman–Crippen LogP) is 2.08. The summed E-state index contributed by atoms with van der Waals surface area (Å²) >= 11 is 0. The highest BCUT2D eigenvalue weighted by Crippen LogP contribution is 2.51. The van der Waals surface area contributed by atoms with Crippen LogP contribution >= 0.6 is 0 Å². The Morgan fingerprint density at radius 3 is 1.69 bits per heavy atom. The number of ether oxygens (including phenoxy) is 1. The molecule has 10 heteroatoms. The van der Waals surface area contributed by atoms with Crippen LogP contribution in [0.25, 0.3) is 0 Å². The summed E-state index contributed by atoms with van der Waals surface area (Å²) in [5.41, 5.74) is -4.77. The number of ketones is 1. The number of rotatable bonds is 1. The smallest absolute Gasteiger partial charge is 0.318 e. The van der Waals surface area contributed by atoms with E-state index >= 15 is 0 Å². The number of Topliss-reactive ketones (excluding diaryl/α,β-unsaturated/α-hetero) is 1. The van der Waals surface area contributed by atoms with E-state index in [0.29, 0.717) is 0 Å². The summed E-state index contributed by atoms with van der Waals surface area (Å²) in [6.07, 6.45) is -18.9. The molecule has 0 bridgehead atoms. The Morgan fingerprint density at radius 2 is 1.50 bits per heavy atom. The molecule has 0 aromatic carbocycles. The van der Waals surface area contributed by atoms with E-state index in [-0.39, 0.29) is 0 Å². The molecule has 3 unspecified atom stereocenters. The molecule has 3 atom stereocenters. The first-order chi connectivity index (χ1) is 6.94. The van der Waals surface area contributed by atoms with E-state index in [1.54, 1.807) is 0 Å². The van der Waals surface area contributed by atoms with Crippen LogP contribution in [0, 0.1) is 0 Å². The Bertz CT molecular complexity index is 307. The largest absolute Gasteiger partial charge is 0.453 e. The van der Waals surface area contributed by atoms with Crippen LogP contribution in [0.3, 0.4) is 0 Å². The number of hydrogen-bond donors (Lipinski definition) is 0. The van der Waals surface area contributed by atoms with Gasteiger partial charge in [-0.15, -0.1) is 0 Å². The molecular formula is C6H2F8O2. The van der Waals surface area contributed by atoms with Crippen LogP contribution in [0.4, 0.5) is 35.1 Å². The van der Waals surface area contributed by atoms with Crippen molar-refractivity contribution in [1.82, 2.24) is 0 Å². The van der Waals surface area contributed by atoms with Gasteiger partial charge in [0.1, 0.15) is 0 Å². The number of hydrogen-bond acceptors (Lipinski definition) is 2. The normalized spacial score (nSPS) is 35.8. The number of carbonyl (C=O) groups excluding carboxylic acids is 1. The Kier molecular flexibility index (Phi) is 2.69. The van der Waals surface area contributed by atoms with Crippen LogP contribution in [0.15, 0.2) is 0 Å². The molecule has 0 saturated carbocycles. The molecule has 1 aliphatic rings. The molecule has 0 aromatic heterocycles. The standard InChI is InChI=1S/C6H2F8O2/c7-1-2(8)16-4(1,6(12,13)14)3(15)5(9,10)11/h1-2H. The third-order valence-electron chi connectivity index (χ3n) is 1.93. The molecule has 1 aliphatic heterocycles. The van der Waals surface area contributed by atoms with Gasteiger partial charge in [-0.2, -0.15) is 26.3 Å². The van der Waals surface area contributed by atoms with Crippen molar-refractivity contribution in [3.05, 3.63) is 0 Å². The lowest BCUT2D eigenvalue weighted by Gasteiger charge is -2.46. The van der Waals surface area contributed by atoms with Crippen LogP contribution in [0.1, 0.15) is 0 Å². The average Bonchev–Trinajstić information content (AvgIpc) is 2.08. The van der Waals surface area contributed by atoms with Gasteiger partial charge in [-0.3, -0.25) is 4.79 Å². The van der Waals surface area contributed by atoms with E-state index in [4.69, 9.17) is 0 Å². The lowest BCUT2D eigenvalue weighted by Crippen LogP contribution is -2.74. The first-order valence-electron chi connectivity index (χ1n) is 3.59. The maximum Gasteiger partial charge on any atom is 0.453 e. The summed E-state index contributed by atoms with van der Waals surface area (Å²) in [7, 11) is 0. The monoisotopic (exact) mass is 258 g/mol. The Morgan fingerprint density at radius 1 is 1.06 bits per heavy atom. The van der Waals surface area contributed by atoms with E-state index in [1.165, 1.54) is 0 Å². The van der Waals surface area contributed by atoms with Crippen molar-refractivity contribution < 1.29 is 44.7 Å². The fourth-order valence-corrected chi connectivity index (χ4v) is 1.16. The van der Waals surface area contributed by atoms with Crippen molar-refractivity contribution >= 4 is 5.78 Å². The molecular weight excluding hydrogens is 256 g/mol. The topological polar surface area (TPSA) is 26.3 Å². The Balaban J connectivity index is 3.15. The third-order valence-corrected chi connectivity index (χ3v) is 1.93. The van der Waals surface area contributed by atoms with E-state index < -0.39 is 36.3 Å². The summed E-state index contributed by atoms with van der Waals surface area (Å²) in [6, 6.07) is 0. The van der Waals surface area contributed by atoms with Gasteiger partial charge in [-0.05, 0) is 0 Å². The fraction of sp³-hybridized carbons (Fsp3) is 0.833. The molecule has 0 amide bonds. The minimum absolute atomic E-state index is 3.06. The average molecular weight is 258 g/mol. The second-order valence-corrected chi connectivity index (χ2v) is 2.93. The van der Waals surface area contributed by atoms with Crippen molar-refractivity contribution in [1.29, 1.82) is 0 Å². The summed E-state index contributed by atoms with van der Waals surface area (Å²) in [5, 5.41) is 0. The zero-order chi connectivity index (χ0) is 12.9. The van der Waals surface area contributed by atoms with Crippen molar-refractivity contribution in [3.8, 4) is 0 Å². The number of carbonyl (C=O) groups is 1. The number of alkyl halides is 8. The second-order valence-electron chi connectivity index (χ2n) is 2.93. The third kappa shape index (κ3) is 1.55. The van der Waals surface area contributed by atoms with E-state index in [9.17, 15) is 39.9 Å². The van der Waals surface area contributed by atoms with Crippen molar-refractivity contribution in [2.45, 2.75) is 30.5 Å². The van der Waals surface area contributed by atoms with Gasteiger partial charge in [0.15, 0.2) is 0 Å². The van der Waals surface area contributed by atoms with Gasteiger partial charge in [0.2, 0.25) is 12.5 Å². The summed E-state index contributed by atoms with van der Waals surface area (Å²) in [6.45, 7) is 0. The van der Waals surface area contributed by atoms with Crippen molar-refractivity contribution in [3.63, 3.8) is 0 Å². The second kappa shape index (κ2) is 3.28. The minimum Gasteiger partial charge on any atom is -0.318 e. The van der Waals surface area contributed by atoms with E-state index in [0.717, 1.165) is 0 Å². The highest BCUT2D eigenvalue weighted by atomic mass is 19.4. The quantitative estimate of drug-likeness (QED) is 0.673. The fourth-order valence-electron chi connectivity index (χ4n) is 1.16. The predicted molar refractivity (Wildman–Crippen MR) is 30.7 cm³/mol. The lowest BCUT2D eigenvalue weighted by atomic mass is 9.86. The van der Waals surface area contributed by atoms with Gasteiger partial charge in [0.25, 0.3) is 11.4 Å². The zero-order valence-electron chi connectivity index (χ0n) is 6.99. The Hall–Kier alpha value is -0.930. The minimum atomic E-state index is -5.98. The molecule has 1 heterocycles. The molecule has 1 rings (SSSR count). The highest BCUT2D eigenvalue weighted by molar-refractivity contribution is 5.94. The van der Waals surface area contributed by atoms with Crippen molar-refractivity contribution in [2.75, 3.05) is 0 Å². The molecule has 1 fully saturated rings. The van der Waals surface area contributed by atoms with Crippen LogP contribution in [0.2, 0.25) is 0 Å². The first-order valence-corrected chi connectivity index (χ1v) is 3.59. The molecule has 0 N–H and O–H groups in total.